The fourth-order valence-electron chi connectivity index (χ4n) is 3.02. The summed E-state index contributed by atoms with van der Waals surface area (Å²) in [6, 6.07) is 6.62. The molecule has 2 aromatic rings. The summed E-state index contributed by atoms with van der Waals surface area (Å²) >= 11 is 0.742. The number of aromatic nitrogens is 1. The van der Waals surface area contributed by atoms with Gasteiger partial charge in [0.1, 0.15) is 22.7 Å². The Balaban J connectivity index is 2.04. The van der Waals surface area contributed by atoms with E-state index in [4.69, 9.17) is 0 Å². The van der Waals surface area contributed by atoms with Crippen LogP contribution in [-0.2, 0) is 19.0 Å². The lowest BCUT2D eigenvalue weighted by molar-refractivity contribution is -0.138. The number of aliphatic hydroxyl groups is 1. The Morgan fingerprint density at radius 1 is 1.19 bits per heavy atom. The molecule has 1 heterocycles. The number of hydrogen-bond acceptors (Lipinski definition) is 4. The second-order valence-electron chi connectivity index (χ2n) is 6.04. The number of aryl methyl sites for hydroxylation is 1. The number of halogens is 4. The molecule has 0 amide bonds. The Bertz CT molecular complexity index is 931. The van der Waals surface area contributed by atoms with Gasteiger partial charge in [-0.15, -0.1) is 0 Å². The molecule has 3 rings (SSSR count). The van der Waals surface area contributed by atoms with E-state index in [0.717, 1.165) is 30.3 Å². The summed E-state index contributed by atoms with van der Waals surface area (Å²) in [6.45, 7) is 0. The second-order valence-corrected chi connectivity index (χ2v) is 6.89. The molecule has 0 spiro atoms. The number of alkyl halides is 3. The summed E-state index contributed by atoms with van der Waals surface area (Å²) < 4.78 is 53.8. The maximum atomic E-state index is 13.6. The van der Waals surface area contributed by atoms with Crippen LogP contribution in [-0.4, -0.2) is 10.1 Å². The number of thioether (sulfide) groups is 1. The summed E-state index contributed by atoms with van der Waals surface area (Å²) in [7, 11) is 0. The number of nitriles is 1. The molecule has 1 aromatic heterocycles. The van der Waals surface area contributed by atoms with Gasteiger partial charge in [0.15, 0.2) is 0 Å². The zero-order valence-corrected chi connectivity index (χ0v) is 14.8. The fraction of sp³-hybridized carbons (Fsp3) is 0.263. The number of pyridine rings is 1. The van der Waals surface area contributed by atoms with Gasteiger partial charge in [-0.2, -0.15) is 18.4 Å². The maximum absolute atomic E-state index is 13.6. The van der Waals surface area contributed by atoms with Crippen molar-refractivity contribution in [3.05, 3.63) is 63.4 Å². The summed E-state index contributed by atoms with van der Waals surface area (Å²) in [4.78, 5) is 4.26. The Morgan fingerprint density at radius 2 is 1.85 bits per heavy atom. The van der Waals surface area contributed by atoms with Gasteiger partial charge in [-0.3, -0.25) is 0 Å². The van der Waals surface area contributed by atoms with Crippen LogP contribution >= 0.6 is 11.8 Å². The standard InChI is InChI=1S/C19H14F4N2OS/c20-12-7-5-11(6-8-12)16(26)10-27-18-14(9-24)17(19(21,22)23)13-3-1-2-4-15(13)25-18/h5-8,10,26H,1-4H2/b16-10-. The highest BCUT2D eigenvalue weighted by Gasteiger charge is 2.39. The van der Waals surface area contributed by atoms with Gasteiger partial charge in [-0.1, -0.05) is 11.8 Å². The first-order valence-electron chi connectivity index (χ1n) is 8.16. The average molecular weight is 394 g/mol. The van der Waals surface area contributed by atoms with Crippen LogP contribution in [0.4, 0.5) is 17.6 Å². The Hall–Kier alpha value is -2.53. The van der Waals surface area contributed by atoms with Gasteiger partial charge in [0.2, 0.25) is 0 Å². The van der Waals surface area contributed by atoms with E-state index < -0.39 is 23.1 Å². The monoisotopic (exact) mass is 394 g/mol. The van der Waals surface area contributed by atoms with E-state index in [-0.39, 0.29) is 22.8 Å². The van der Waals surface area contributed by atoms with Crippen LogP contribution in [0.2, 0.25) is 0 Å². The lowest BCUT2D eigenvalue weighted by Crippen LogP contribution is -2.19. The van der Waals surface area contributed by atoms with Gasteiger partial charge in [0, 0.05) is 16.7 Å². The molecule has 1 aliphatic carbocycles. The molecule has 0 aliphatic heterocycles. The molecule has 0 radical (unpaired) electrons. The fourth-order valence-corrected chi connectivity index (χ4v) is 3.81. The highest BCUT2D eigenvalue weighted by molar-refractivity contribution is 8.02. The van der Waals surface area contributed by atoms with Crippen molar-refractivity contribution in [1.29, 1.82) is 5.26 Å². The predicted octanol–water partition coefficient (Wildman–Crippen LogP) is 5.64. The van der Waals surface area contributed by atoms with Crippen molar-refractivity contribution < 1.29 is 22.7 Å². The molecule has 1 aromatic carbocycles. The molecule has 0 saturated heterocycles. The molecule has 0 atom stereocenters. The number of nitrogens with zero attached hydrogens (tertiary/aromatic N) is 2. The zero-order chi connectivity index (χ0) is 19.6. The minimum Gasteiger partial charge on any atom is -0.507 e. The third kappa shape index (κ3) is 4.08. The minimum atomic E-state index is -4.66. The zero-order valence-electron chi connectivity index (χ0n) is 14.0. The third-order valence-corrected chi connectivity index (χ3v) is 5.12. The second kappa shape index (κ2) is 7.61. The molecule has 0 fully saturated rings. The van der Waals surface area contributed by atoms with Crippen molar-refractivity contribution in [2.75, 3.05) is 0 Å². The van der Waals surface area contributed by atoms with Crippen LogP contribution in [0.5, 0.6) is 0 Å². The summed E-state index contributed by atoms with van der Waals surface area (Å²) in [5, 5.41) is 20.5. The summed E-state index contributed by atoms with van der Waals surface area (Å²) in [5.41, 5.74) is -0.703. The highest BCUT2D eigenvalue weighted by atomic mass is 32.2. The van der Waals surface area contributed by atoms with Crippen molar-refractivity contribution in [3.8, 4) is 6.07 Å². The van der Waals surface area contributed by atoms with Gasteiger partial charge in [0.25, 0.3) is 0 Å². The van der Waals surface area contributed by atoms with Gasteiger partial charge in [-0.25, -0.2) is 9.37 Å². The molecule has 27 heavy (non-hydrogen) atoms. The predicted molar refractivity (Wildman–Crippen MR) is 93.5 cm³/mol. The number of fused-ring (bicyclic) bond motifs is 1. The molecule has 1 N–H and O–H groups in total. The van der Waals surface area contributed by atoms with Crippen molar-refractivity contribution in [2.24, 2.45) is 0 Å². The van der Waals surface area contributed by atoms with Gasteiger partial charge >= 0.3 is 6.18 Å². The molecule has 8 heteroatoms. The van der Waals surface area contributed by atoms with Crippen molar-refractivity contribution in [2.45, 2.75) is 36.9 Å². The number of benzene rings is 1. The first kappa shape index (κ1) is 19.2. The molecule has 0 bridgehead atoms. The molecular formula is C19H14F4N2OS. The normalized spacial score (nSPS) is 14.6. The van der Waals surface area contributed by atoms with E-state index in [9.17, 15) is 27.9 Å². The molecule has 0 saturated carbocycles. The first-order chi connectivity index (χ1) is 12.8. The highest BCUT2D eigenvalue weighted by Crippen LogP contribution is 2.41. The van der Waals surface area contributed by atoms with E-state index in [2.05, 4.69) is 4.98 Å². The van der Waals surface area contributed by atoms with Crippen LogP contribution < -0.4 is 0 Å². The Labute approximate surface area is 157 Å². The maximum Gasteiger partial charge on any atom is 0.418 e. The quantitative estimate of drug-likeness (QED) is 0.416. The summed E-state index contributed by atoms with van der Waals surface area (Å²) in [6.07, 6.45) is -2.63. The largest absolute Gasteiger partial charge is 0.507 e. The molecule has 0 unspecified atom stereocenters. The molecule has 3 nitrogen and oxygen atoms in total. The lowest BCUT2D eigenvalue weighted by Gasteiger charge is -2.22. The average Bonchev–Trinajstić information content (AvgIpc) is 2.64. The van der Waals surface area contributed by atoms with Gasteiger partial charge in [0.05, 0.1) is 11.1 Å². The Morgan fingerprint density at radius 3 is 2.48 bits per heavy atom. The SMILES string of the molecule is N#Cc1c(S/C=C(\O)c2ccc(F)cc2)nc2c(c1C(F)(F)F)CCCC2. The van der Waals surface area contributed by atoms with Gasteiger partial charge in [-0.05, 0) is 55.5 Å². The van der Waals surface area contributed by atoms with E-state index in [0.29, 0.717) is 24.1 Å². The van der Waals surface area contributed by atoms with Crippen molar-refractivity contribution in [1.82, 2.24) is 4.98 Å². The van der Waals surface area contributed by atoms with E-state index >= 15 is 0 Å². The van der Waals surface area contributed by atoms with Crippen LogP contribution in [0.1, 0.15) is 40.8 Å². The van der Waals surface area contributed by atoms with Crippen LogP contribution in [0.3, 0.4) is 0 Å². The number of rotatable bonds is 3. The molecule has 1 aliphatic rings. The van der Waals surface area contributed by atoms with Gasteiger partial charge < -0.3 is 5.11 Å². The van der Waals surface area contributed by atoms with E-state index in [1.165, 1.54) is 17.5 Å². The molecule has 140 valence electrons. The van der Waals surface area contributed by atoms with Crippen LogP contribution in [0.25, 0.3) is 5.76 Å². The van der Waals surface area contributed by atoms with E-state index in [1.807, 2.05) is 0 Å². The topological polar surface area (TPSA) is 56.9 Å². The summed E-state index contributed by atoms with van der Waals surface area (Å²) in [5.74, 6) is -0.728. The lowest BCUT2D eigenvalue weighted by atomic mass is 9.90. The number of hydrogen-bond donors (Lipinski definition) is 1. The number of aliphatic hydroxyl groups excluding tert-OH is 1. The smallest absolute Gasteiger partial charge is 0.418 e. The van der Waals surface area contributed by atoms with Crippen LogP contribution in [0, 0.1) is 17.1 Å². The van der Waals surface area contributed by atoms with Crippen molar-refractivity contribution >= 4 is 17.5 Å². The van der Waals surface area contributed by atoms with E-state index in [1.54, 1.807) is 6.07 Å². The minimum absolute atomic E-state index is 0.0980. The third-order valence-electron chi connectivity index (χ3n) is 4.26. The van der Waals surface area contributed by atoms with Crippen LogP contribution in [0.15, 0.2) is 34.7 Å². The first-order valence-corrected chi connectivity index (χ1v) is 9.04. The Kier molecular flexibility index (Phi) is 5.42. The van der Waals surface area contributed by atoms with Crippen molar-refractivity contribution in [3.63, 3.8) is 0 Å². The molecular weight excluding hydrogens is 380 g/mol.